The Bertz CT molecular complexity index is 580. The molecule has 0 aliphatic heterocycles. The number of nitrogens with zero attached hydrogens (tertiary/aromatic N) is 3. The maximum atomic E-state index is 13.9. The molecule has 4 nitrogen and oxygen atoms in total. The van der Waals surface area contributed by atoms with Crippen LogP contribution in [0.25, 0.3) is 5.69 Å². The van der Waals surface area contributed by atoms with Crippen LogP contribution in [-0.4, -0.2) is 9.55 Å². The van der Waals surface area contributed by atoms with E-state index in [1.165, 1.54) is 16.8 Å². The average Bonchev–Trinajstić information content (AvgIpc) is 2.76. The molecule has 0 bridgehead atoms. The molecule has 5 heteroatoms. The Morgan fingerprint density at radius 1 is 1.53 bits per heavy atom. The largest absolute Gasteiger partial charge is 0.324 e. The van der Waals surface area contributed by atoms with Crippen LogP contribution < -0.4 is 5.73 Å². The molecule has 0 unspecified atom stereocenters. The summed E-state index contributed by atoms with van der Waals surface area (Å²) in [5, 5.41) is 8.83. The number of hydrogen-bond donors (Lipinski definition) is 1. The second kappa shape index (κ2) is 4.36. The molecular formula is C12H11FN4. The average molecular weight is 230 g/mol. The molecule has 0 amide bonds. The first kappa shape index (κ1) is 11.3. The molecule has 1 atom stereocenters. The Morgan fingerprint density at radius 2 is 2.29 bits per heavy atom. The van der Waals surface area contributed by atoms with E-state index in [1.807, 2.05) is 6.07 Å². The summed E-state index contributed by atoms with van der Waals surface area (Å²) in [6.07, 6.45) is 3.00. The second-order valence-electron chi connectivity index (χ2n) is 3.73. The summed E-state index contributed by atoms with van der Waals surface area (Å²) in [6, 6.07) is 6.38. The van der Waals surface area contributed by atoms with Crippen molar-refractivity contribution in [1.29, 1.82) is 5.26 Å². The van der Waals surface area contributed by atoms with Gasteiger partial charge in [-0.1, -0.05) is 6.07 Å². The van der Waals surface area contributed by atoms with Crippen LogP contribution in [0.5, 0.6) is 0 Å². The van der Waals surface area contributed by atoms with Gasteiger partial charge in [-0.3, -0.25) is 4.57 Å². The van der Waals surface area contributed by atoms with Crippen LogP contribution in [0.2, 0.25) is 0 Å². The first-order valence-corrected chi connectivity index (χ1v) is 5.12. The minimum atomic E-state index is -0.422. The van der Waals surface area contributed by atoms with Crippen molar-refractivity contribution in [3.05, 3.63) is 47.8 Å². The topological polar surface area (TPSA) is 67.6 Å². The highest BCUT2D eigenvalue weighted by atomic mass is 19.1. The van der Waals surface area contributed by atoms with Crippen LogP contribution in [0, 0.1) is 17.1 Å². The van der Waals surface area contributed by atoms with Crippen LogP contribution in [0.1, 0.15) is 24.4 Å². The van der Waals surface area contributed by atoms with Gasteiger partial charge < -0.3 is 5.73 Å². The van der Waals surface area contributed by atoms with E-state index in [2.05, 4.69) is 4.98 Å². The monoisotopic (exact) mass is 230 g/mol. The zero-order valence-electron chi connectivity index (χ0n) is 9.26. The molecule has 1 aromatic heterocycles. The van der Waals surface area contributed by atoms with Gasteiger partial charge in [-0.2, -0.15) is 5.26 Å². The van der Waals surface area contributed by atoms with Crippen LogP contribution in [0.4, 0.5) is 4.39 Å². The lowest BCUT2D eigenvalue weighted by Gasteiger charge is -2.09. The summed E-state index contributed by atoms with van der Waals surface area (Å²) < 4.78 is 15.3. The van der Waals surface area contributed by atoms with Gasteiger partial charge in [0.25, 0.3) is 0 Å². The number of rotatable bonds is 2. The Morgan fingerprint density at radius 3 is 2.88 bits per heavy atom. The maximum absolute atomic E-state index is 13.9. The van der Waals surface area contributed by atoms with Crippen LogP contribution in [0.15, 0.2) is 30.6 Å². The normalized spacial score (nSPS) is 12.1. The fourth-order valence-electron chi connectivity index (χ4n) is 1.58. The number of imidazole rings is 1. The van der Waals surface area contributed by atoms with Gasteiger partial charge in [0.15, 0.2) is 0 Å². The maximum Gasteiger partial charge on any atom is 0.217 e. The highest BCUT2D eigenvalue weighted by molar-refractivity contribution is 5.40. The van der Waals surface area contributed by atoms with Crippen molar-refractivity contribution in [2.45, 2.75) is 13.0 Å². The Kier molecular flexibility index (Phi) is 2.90. The van der Waals surface area contributed by atoms with E-state index >= 15 is 0 Å². The van der Waals surface area contributed by atoms with Crippen molar-refractivity contribution in [3.63, 3.8) is 0 Å². The van der Waals surface area contributed by atoms with E-state index in [4.69, 9.17) is 11.0 Å². The van der Waals surface area contributed by atoms with E-state index in [1.54, 1.807) is 25.3 Å². The summed E-state index contributed by atoms with van der Waals surface area (Å²) in [6.45, 7) is 1.78. The fraction of sp³-hybridized carbons (Fsp3) is 0.167. The predicted octanol–water partition coefficient (Wildman–Crippen LogP) is 1.90. The van der Waals surface area contributed by atoms with Gasteiger partial charge in [0.05, 0.1) is 5.69 Å². The van der Waals surface area contributed by atoms with Gasteiger partial charge in [0.1, 0.15) is 11.9 Å². The number of nitriles is 1. The molecule has 1 heterocycles. The minimum absolute atomic E-state index is 0.150. The summed E-state index contributed by atoms with van der Waals surface area (Å²) in [4.78, 5) is 3.82. The van der Waals surface area contributed by atoms with Gasteiger partial charge >= 0.3 is 0 Å². The van der Waals surface area contributed by atoms with Crippen molar-refractivity contribution in [1.82, 2.24) is 9.55 Å². The van der Waals surface area contributed by atoms with Crippen molar-refractivity contribution in [3.8, 4) is 11.8 Å². The van der Waals surface area contributed by atoms with E-state index in [0.717, 1.165) is 0 Å². The van der Waals surface area contributed by atoms with Crippen LogP contribution in [0.3, 0.4) is 0 Å². The molecule has 0 saturated heterocycles. The molecule has 86 valence electrons. The van der Waals surface area contributed by atoms with E-state index < -0.39 is 5.82 Å². The van der Waals surface area contributed by atoms with Crippen molar-refractivity contribution in [2.24, 2.45) is 5.73 Å². The zero-order valence-corrected chi connectivity index (χ0v) is 9.26. The molecule has 0 aliphatic carbocycles. The Labute approximate surface area is 98.1 Å². The van der Waals surface area contributed by atoms with E-state index in [-0.39, 0.29) is 11.9 Å². The molecule has 0 radical (unpaired) electrons. The molecule has 17 heavy (non-hydrogen) atoms. The molecule has 0 aliphatic rings. The Hall–Kier alpha value is -2.19. The summed E-state index contributed by atoms with van der Waals surface area (Å²) in [5.41, 5.74) is 6.68. The standard InChI is InChI=1S/C12H11FN4/c1-8(15)9-2-3-11(10(13)6-9)17-5-4-16-12(17)7-14/h2-6,8H,15H2,1H3/t8-/m0/s1. The van der Waals surface area contributed by atoms with E-state index in [9.17, 15) is 4.39 Å². The summed E-state index contributed by atoms with van der Waals surface area (Å²) in [7, 11) is 0. The summed E-state index contributed by atoms with van der Waals surface area (Å²) >= 11 is 0. The third kappa shape index (κ3) is 2.03. The van der Waals surface area contributed by atoms with E-state index in [0.29, 0.717) is 11.3 Å². The number of aromatic nitrogens is 2. The molecule has 1 aromatic carbocycles. The molecule has 0 spiro atoms. The fourth-order valence-corrected chi connectivity index (χ4v) is 1.58. The van der Waals surface area contributed by atoms with Gasteiger partial charge in [0.2, 0.25) is 5.82 Å². The quantitative estimate of drug-likeness (QED) is 0.856. The van der Waals surface area contributed by atoms with Crippen molar-refractivity contribution < 1.29 is 4.39 Å². The smallest absolute Gasteiger partial charge is 0.217 e. The second-order valence-corrected chi connectivity index (χ2v) is 3.73. The SMILES string of the molecule is C[C@H](N)c1ccc(-n2ccnc2C#N)c(F)c1. The lowest BCUT2D eigenvalue weighted by atomic mass is 10.1. The first-order chi connectivity index (χ1) is 8.13. The summed E-state index contributed by atoms with van der Waals surface area (Å²) in [5.74, 6) is -0.272. The number of halogens is 1. The first-order valence-electron chi connectivity index (χ1n) is 5.12. The third-order valence-corrected chi connectivity index (χ3v) is 2.50. The lowest BCUT2D eigenvalue weighted by molar-refractivity contribution is 0.612. The molecule has 2 aromatic rings. The number of hydrogen-bond acceptors (Lipinski definition) is 3. The van der Waals surface area contributed by atoms with Gasteiger partial charge in [-0.25, -0.2) is 9.37 Å². The van der Waals surface area contributed by atoms with Crippen molar-refractivity contribution >= 4 is 0 Å². The highest BCUT2D eigenvalue weighted by Crippen LogP contribution is 2.19. The molecule has 2 N–H and O–H groups in total. The molecule has 0 saturated carbocycles. The zero-order chi connectivity index (χ0) is 12.4. The van der Waals surface area contributed by atoms with Crippen LogP contribution in [-0.2, 0) is 0 Å². The minimum Gasteiger partial charge on any atom is -0.324 e. The molecule has 2 rings (SSSR count). The number of benzene rings is 1. The Balaban J connectivity index is 2.51. The predicted molar refractivity (Wildman–Crippen MR) is 60.8 cm³/mol. The number of nitrogens with two attached hydrogens (primary N) is 1. The van der Waals surface area contributed by atoms with Crippen molar-refractivity contribution in [2.75, 3.05) is 0 Å². The van der Waals surface area contributed by atoms with Gasteiger partial charge in [0, 0.05) is 18.4 Å². The van der Waals surface area contributed by atoms with Crippen LogP contribution >= 0.6 is 0 Å². The van der Waals surface area contributed by atoms with Gasteiger partial charge in [-0.15, -0.1) is 0 Å². The lowest BCUT2D eigenvalue weighted by Crippen LogP contribution is -2.07. The molecule has 0 fully saturated rings. The third-order valence-electron chi connectivity index (χ3n) is 2.50. The van der Waals surface area contributed by atoms with Gasteiger partial charge in [-0.05, 0) is 24.6 Å². The molecular weight excluding hydrogens is 219 g/mol. The highest BCUT2D eigenvalue weighted by Gasteiger charge is 2.10.